The zero-order chi connectivity index (χ0) is 15.1. The van der Waals surface area contributed by atoms with Crippen LogP contribution in [0.3, 0.4) is 0 Å². The zero-order valence-electron chi connectivity index (χ0n) is 14.6. The van der Waals surface area contributed by atoms with Crippen LogP contribution in [0, 0.1) is 23.2 Å². The van der Waals surface area contributed by atoms with E-state index in [0.29, 0.717) is 5.41 Å². The maximum atomic E-state index is 5.19. The van der Waals surface area contributed by atoms with E-state index in [0.717, 1.165) is 30.9 Å². The van der Waals surface area contributed by atoms with E-state index < -0.39 is 0 Å². The first-order valence-corrected chi connectivity index (χ1v) is 9.43. The molecule has 2 rings (SSSR count). The molecule has 4 unspecified atom stereocenters. The summed E-state index contributed by atoms with van der Waals surface area (Å²) in [5, 5.41) is 3.71. The van der Waals surface area contributed by atoms with E-state index in [-0.39, 0.29) is 0 Å². The molecule has 2 aliphatic rings. The maximum Gasteiger partial charge on any atom is 0.0587 e. The Morgan fingerprint density at radius 3 is 2.71 bits per heavy atom. The Bertz CT molecular complexity index is 293. The van der Waals surface area contributed by atoms with E-state index >= 15 is 0 Å². The van der Waals surface area contributed by atoms with Gasteiger partial charge >= 0.3 is 0 Å². The highest BCUT2D eigenvalue weighted by Crippen LogP contribution is 2.58. The van der Waals surface area contributed by atoms with Crippen LogP contribution in [0.1, 0.15) is 71.6 Å². The van der Waals surface area contributed by atoms with E-state index in [9.17, 15) is 0 Å². The molecular formula is C19H37NO. The van der Waals surface area contributed by atoms with Crippen molar-refractivity contribution in [3.05, 3.63) is 0 Å². The summed E-state index contributed by atoms with van der Waals surface area (Å²) in [6.45, 7) is 7.82. The molecule has 124 valence electrons. The summed E-state index contributed by atoms with van der Waals surface area (Å²) < 4.78 is 5.19. The molecule has 21 heavy (non-hydrogen) atoms. The second kappa shape index (κ2) is 8.53. The molecule has 2 fully saturated rings. The van der Waals surface area contributed by atoms with Crippen LogP contribution in [-0.2, 0) is 4.74 Å². The average molecular weight is 296 g/mol. The minimum absolute atomic E-state index is 0.616. The van der Waals surface area contributed by atoms with E-state index in [1.807, 2.05) is 0 Å². The van der Waals surface area contributed by atoms with Gasteiger partial charge in [0.2, 0.25) is 0 Å². The molecule has 0 aromatic heterocycles. The van der Waals surface area contributed by atoms with Crippen molar-refractivity contribution in [3.63, 3.8) is 0 Å². The Labute approximate surface area is 132 Å². The lowest BCUT2D eigenvalue weighted by Crippen LogP contribution is -2.41. The molecule has 0 aromatic carbocycles. The van der Waals surface area contributed by atoms with Crippen molar-refractivity contribution >= 4 is 0 Å². The maximum absolute atomic E-state index is 5.19. The van der Waals surface area contributed by atoms with E-state index in [4.69, 9.17) is 4.74 Å². The van der Waals surface area contributed by atoms with Gasteiger partial charge in [0.25, 0.3) is 0 Å². The first-order valence-electron chi connectivity index (χ1n) is 9.43. The Hall–Kier alpha value is -0.0800. The molecule has 0 radical (unpaired) electrons. The Morgan fingerprint density at radius 1 is 1.29 bits per heavy atom. The average Bonchev–Trinajstić information content (AvgIpc) is 3.09. The monoisotopic (exact) mass is 295 g/mol. The van der Waals surface area contributed by atoms with Crippen LogP contribution < -0.4 is 5.32 Å². The van der Waals surface area contributed by atoms with Crippen molar-refractivity contribution in [3.8, 4) is 0 Å². The van der Waals surface area contributed by atoms with Crippen LogP contribution in [0.5, 0.6) is 0 Å². The van der Waals surface area contributed by atoms with Gasteiger partial charge in [-0.3, -0.25) is 0 Å². The standard InChI is InChI=1S/C19H37NO/c1-4-6-7-16(5-2)13-19(15-20-10-11-21-3)14-17-8-9-18(19)12-17/h16-18,20H,4-15H2,1-3H3. The topological polar surface area (TPSA) is 21.3 Å². The lowest BCUT2D eigenvalue weighted by atomic mass is 9.67. The van der Waals surface area contributed by atoms with Gasteiger partial charge < -0.3 is 10.1 Å². The molecule has 0 saturated heterocycles. The summed E-state index contributed by atoms with van der Waals surface area (Å²) in [7, 11) is 1.80. The van der Waals surface area contributed by atoms with Gasteiger partial charge in [-0.15, -0.1) is 0 Å². The van der Waals surface area contributed by atoms with E-state index in [1.165, 1.54) is 64.3 Å². The van der Waals surface area contributed by atoms with Gasteiger partial charge in [0.15, 0.2) is 0 Å². The van der Waals surface area contributed by atoms with Crippen LogP contribution in [0.2, 0.25) is 0 Å². The first kappa shape index (κ1) is 17.3. The molecule has 2 nitrogen and oxygen atoms in total. The van der Waals surface area contributed by atoms with Gasteiger partial charge in [0.05, 0.1) is 6.61 Å². The fraction of sp³-hybridized carbons (Fsp3) is 1.00. The minimum atomic E-state index is 0.616. The Balaban J connectivity index is 1.92. The van der Waals surface area contributed by atoms with Crippen LogP contribution >= 0.6 is 0 Å². The van der Waals surface area contributed by atoms with Gasteiger partial charge in [0.1, 0.15) is 0 Å². The summed E-state index contributed by atoms with van der Waals surface area (Å²) >= 11 is 0. The molecule has 0 spiro atoms. The number of methoxy groups -OCH3 is 1. The van der Waals surface area contributed by atoms with Crippen molar-refractivity contribution in [1.82, 2.24) is 5.32 Å². The van der Waals surface area contributed by atoms with Crippen molar-refractivity contribution in [1.29, 1.82) is 0 Å². The summed E-state index contributed by atoms with van der Waals surface area (Å²) in [5.74, 6) is 3.00. The van der Waals surface area contributed by atoms with Crippen molar-refractivity contribution in [2.75, 3.05) is 26.8 Å². The third kappa shape index (κ3) is 4.45. The highest BCUT2D eigenvalue weighted by atomic mass is 16.5. The number of hydrogen-bond acceptors (Lipinski definition) is 2. The van der Waals surface area contributed by atoms with Crippen molar-refractivity contribution < 1.29 is 4.74 Å². The predicted octanol–water partition coefficient (Wildman–Crippen LogP) is 4.64. The third-order valence-electron chi connectivity index (χ3n) is 6.30. The third-order valence-corrected chi connectivity index (χ3v) is 6.30. The molecule has 2 heteroatoms. The van der Waals surface area contributed by atoms with E-state index in [2.05, 4.69) is 19.2 Å². The summed E-state index contributed by atoms with van der Waals surface area (Å²) in [6.07, 6.45) is 13.1. The molecule has 1 N–H and O–H groups in total. The second-order valence-corrected chi connectivity index (χ2v) is 7.73. The lowest BCUT2D eigenvalue weighted by molar-refractivity contribution is 0.106. The van der Waals surface area contributed by atoms with Gasteiger partial charge in [-0.05, 0) is 48.9 Å². The highest BCUT2D eigenvalue weighted by molar-refractivity contribution is 5.02. The number of nitrogens with one attached hydrogen (secondary N) is 1. The number of ether oxygens (including phenoxy) is 1. The van der Waals surface area contributed by atoms with Crippen LogP contribution in [-0.4, -0.2) is 26.8 Å². The Kier molecular flexibility index (Phi) is 7.01. The van der Waals surface area contributed by atoms with Crippen molar-refractivity contribution in [2.24, 2.45) is 23.2 Å². The molecule has 2 aliphatic carbocycles. The Morgan fingerprint density at radius 2 is 2.14 bits per heavy atom. The number of fused-ring (bicyclic) bond motifs is 2. The van der Waals surface area contributed by atoms with Gasteiger partial charge in [-0.25, -0.2) is 0 Å². The number of hydrogen-bond donors (Lipinski definition) is 1. The molecule has 4 atom stereocenters. The summed E-state index contributed by atoms with van der Waals surface area (Å²) in [6, 6.07) is 0. The van der Waals surface area contributed by atoms with Crippen LogP contribution in [0.25, 0.3) is 0 Å². The lowest BCUT2D eigenvalue weighted by Gasteiger charge is -2.41. The van der Waals surface area contributed by atoms with Gasteiger partial charge in [-0.1, -0.05) is 46.0 Å². The van der Waals surface area contributed by atoms with Gasteiger partial charge in [0, 0.05) is 20.2 Å². The molecule has 0 amide bonds. The van der Waals surface area contributed by atoms with E-state index in [1.54, 1.807) is 7.11 Å². The summed E-state index contributed by atoms with van der Waals surface area (Å²) in [5.41, 5.74) is 0.616. The highest BCUT2D eigenvalue weighted by Gasteiger charge is 2.50. The predicted molar refractivity (Wildman–Crippen MR) is 90.5 cm³/mol. The minimum Gasteiger partial charge on any atom is -0.383 e. The zero-order valence-corrected chi connectivity index (χ0v) is 14.6. The smallest absolute Gasteiger partial charge is 0.0587 e. The van der Waals surface area contributed by atoms with Crippen LogP contribution in [0.4, 0.5) is 0 Å². The first-order chi connectivity index (χ1) is 10.2. The molecule has 0 heterocycles. The SMILES string of the molecule is CCCCC(CC)CC1(CNCCOC)CC2CCC1C2. The normalized spacial score (nSPS) is 32.7. The molecular weight excluding hydrogens is 258 g/mol. The van der Waals surface area contributed by atoms with Gasteiger partial charge in [-0.2, -0.15) is 0 Å². The fourth-order valence-electron chi connectivity index (χ4n) is 5.13. The second-order valence-electron chi connectivity index (χ2n) is 7.73. The number of rotatable bonds is 11. The number of unbranched alkanes of at least 4 members (excludes halogenated alkanes) is 1. The van der Waals surface area contributed by atoms with Crippen molar-refractivity contribution in [2.45, 2.75) is 71.6 Å². The molecule has 2 bridgehead atoms. The largest absolute Gasteiger partial charge is 0.383 e. The quantitative estimate of drug-likeness (QED) is 0.561. The van der Waals surface area contributed by atoms with Crippen LogP contribution in [0.15, 0.2) is 0 Å². The fourth-order valence-corrected chi connectivity index (χ4v) is 5.13. The molecule has 2 saturated carbocycles. The molecule has 0 aromatic rings. The summed E-state index contributed by atoms with van der Waals surface area (Å²) in [4.78, 5) is 0. The molecule has 0 aliphatic heterocycles.